The predicted molar refractivity (Wildman–Crippen MR) is 105 cm³/mol. The summed E-state index contributed by atoms with van der Waals surface area (Å²) in [5.74, 6) is 0.953. The zero-order valence-electron chi connectivity index (χ0n) is 15.2. The van der Waals surface area contributed by atoms with Crippen molar-refractivity contribution in [3.63, 3.8) is 0 Å². The lowest BCUT2D eigenvalue weighted by Gasteiger charge is -2.02. The van der Waals surface area contributed by atoms with Crippen LogP contribution in [0.3, 0.4) is 0 Å². The third kappa shape index (κ3) is 5.28. The normalized spacial score (nSPS) is 10.3. The molecule has 3 rings (SSSR count). The van der Waals surface area contributed by atoms with E-state index in [-0.39, 0.29) is 11.8 Å². The highest BCUT2D eigenvalue weighted by atomic mass is 32.1. The van der Waals surface area contributed by atoms with Gasteiger partial charge in [0.05, 0.1) is 18.2 Å². The van der Waals surface area contributed by atoms with Crippen molar-refractivity contribution in [3.8, 4) is 17.5 Å². The van der Waals surface area contributed by atoms with E-state index in [1.807, 2.05) is 12.1 Å². The molecule has 0 aliphatic carbocycles. The summed E-state index contributed by atoms with van der Waals surface area (Å²) in [4.78, 5) is 27.5. The quantitative estimate of drug-likeness (QED) is 0.638. The molecule has 0 spiro atoms. The second kappa shape index (κ2) is 8.97. The molecule has 0 atom stereocenters. The number of nitriles is 1. The first kappa shape index (κ1) is 19.3. The van der Waals surface area contributed by atoms with Gasteiger partial charge in [-0.25, -0.2) is 4.98 Å². The molecule has 0 radical (unpaired) electrons. The van der Waals surface area contributed by atoms with Gasteiger partial charge in [0.15, 0.2) is 10.9 Å². The molecule has 142 valence electrons. The maximum atomic E-state index is 12.1. The van der Waals surface area contributed by atoms with E-state index >= 15 is 0 Å². The lowest BCUT2D eigenvalue weighted by Crippen LogP contribution is -2.18. The molecule has 0 saturated carbocycles. The SMILES string of the molecule is CC(=O)NCc1ccc(-c2csc(NC(=O)CCc3ccc(C#N)cc3)n2)o1. The Balaban J connectivity index is 1.53. The maximum Gasteiger partial charge on any atom is 0.226 e. The molecule has 0 aliphatic heterocycles. The van der Waals surface area contributed by atoms with Gasteiger partial charge in [0, 0.05) is 18.7 Å². The van der Waals surface area contributed by atoms with E-state index in [9.17, 15) is 9.59 Å². The number of hydrogen-bond donors (Lipinski definition) is 2. The van der Waals surface area contributed by atoms with Crippen molar-refractivity contribution in [2.24, 2.45) is 0 Å². The van der Waals surface area contributed by atoms with Crippen molar-refractivity contribution in [2.45, 2.75) is 26.3 Å². The highest BCUT2D eigenvalue weighted by Gasteiger charge is 2.11. The predicted octanol–water partition coefficient (Wildman–Crippen LogP) is 3.48. The number of furan rings is 1. The van der Waals surface area contributed by atoms with E-state index in [1.54, 1.807) is 29.6 Å². The molecule has 0 fully saturated rings. The van der Waals surface area contributed by atoms with Gasteiger partial charge >= 0.3 is 0 Å². The molecule has 1 aromatic carbocycles. The van der Waals surface area contributed by atoms with Crippen molar-refractivity contribution in [1.82, 2.24) is 10.3 Å². The largest absolute Gasteiger partial charge is 0.458 e. The Morgan fingerprint density at radius 3 is 2.71 bits per heavy atom. The summed E-state index contributed by atoms with van der Waals surface area (Å²) in [6, 6.07) is 12.8. The Morgan fingerprint density at radius 2 is 2.00 bits per heavy atom. The molecular weight excluding hydrogens is 376 g/mol. The van der Waals surface area contributed by atoms with Crippen LogP contribution in [0.1, 0.15) is 30.2 Å². The Kier molecular flexibility index (Phi) is 6.19. The third-order valence-corrected chi connectivity index (χ3v) is 4.66. The smallest absolute Gasteiger partial charge is 0.226 e. The van der Waals surface area contributed by atoms with E-state index in [2.05, 4.69) is 21.7 Å². The molecule has 8 heteroatoms. The molecule has 2 aromatic heterocycles. The van der Waals surface area contributed by atoms with E-state index in [4.69, 9.17) is 9.68 Å². The van der Waals surface area contributed by atoms with Crippen LogP contribution >= 0.6 is 11.3 Å². The highest BCUT2D eigenvalue weighted by molar-refractivity contribution is 7.14. The number of anilines is 1. The molecule has 2 heterocycles. The molecule has 0 bridgehead atoms. The number of benzene rings is 1. The van der Waals surface area contributed by atoms with Crippen LogP contribution in [-0.4, -0.2) is 16.8 Å². The lowest BCUT2D eigenvalue weighted by atomic mass is 10.1. The molecule has 2 amide bonds. The number of carbonyl (C=O) groups is 2. The molecule has 2 N–H and O–H groups in total. The van der Waals surface area contributed by atoms with Crippen molar-refractivity contribution in [2.75, 3.05) is 5.32 Å². The van der Waals surface area contributed by atoms with Crippen LogP contribution < -0.4 is 10.6 Å². The van der Waals surface area contributed by atoms with Gasteiger partial charge < -0.3 is 15.1 Å². The van der Waals surface area contributed by atoms with Crippen molar-refractivity contribution in [1.29, 1.82) is 5.26 Å². The molecular formula is C20H18N4O3S. The number of rotatable bonds is 7. The number of nitrogens with one attached hydrogen (secondary N) is 2. The summed E-state index contributed by atoms with van der Waals surface area (Å²) < 4.78 is 5.66. The number of amides is 2. The zero-order valence-corrected chi connectivity index (χ0v) is 16.0. The summed E-state index contributed by atoms with van der Waals surface area (Å²) >= 11 is 1.32. The lowest BCUT2D eigenvalue weighted by molar-refractivity contribution is -0.119. The van der Waals surface area contributed by atoms with Gasteiger partial charge in [0.25, 0.3) is 0 Å². The number of nitrogens with zero attached hydrogens (tertiary/aromatic N) is 2. The van der Waals surface area contributed by atoms with E-state index in [0.29, 0.717) is 47.3 Å². The first-order chi connectivity index (χ1) is 13.5. The monoisotopic (exact) mass is 394 g/mol. The maximum absolute atomic E-state index is 12.1. The molecule has 0 unspecified atom stereocenters. The summed E-state index contributed by atoms with van der Waals surface area (Å²) in [6.07, 6.45) is 0.906. The summed E-state index contributed by atoms with van der Waals surface area (Å²) in [7, 11) is 0. The molecule has 0 aliphatic rings. The topological polar surface area (TPSA) is 108 Å². The average Bonchev–Trinajstić information content (AvgIpc) is 3.34. The van der Waals surface area contributed by atoms with Crippen LogP contribution in [0.25, 0.3) is 11.5 Å². The number of aromatic nitrogens is 1. The minimum absolute atomic E-state index is 0.127. The minimum Gasteiger partial charge on any atom is -0.458 e. The Bertz CT molecular complexity index is 1010. The second-order valence-corrected chi connectivity index (χ2v) is 6.93. The van der Waals surface area contributed by atoms with E-state index in [0.717, 1.165) is 5.56 Å². The summed E-state index contributed by atoms with van der Waals surface area (Å²) in [5, 5.41) is 16.6. The van der Waals surface area contributed by atoms with Crippen LogP contribution in [-0.2, 0) is 22.6 Å². The van der Waals surface area contributed by atoms with Crippen LogP contribution in [0.4, 0.5) is 5.13 Å². The van der Waals surface area contributed by atoms with E-state index in [1.165, 1.54) is 18.3 Å². The number of hydrogen-bond acceptors (Lipinski definition) is 6. The van der Waals surface area contributed by atoms with Gasteiger partial charge in [0.1, 0.15) is 11.5 Å². The molecule has 3 aromatic rings. The van der Waals surface area contributed by atoms with Crippen LogP contribution in [0.5, 0.6) is 0 Å². The van der Waals surface area contributed by atoms with Crippen molar-refractivity contribution >= 4 is 28.3 Å². The van der Waals surface area contributed by atoms with Gasteiger partial charge in [-0.05, 0) is 36.2 Å². The summed E-state index contributed by atoms with van der Waals surface area (Å²) in [5.41, 5.74) is 2.22. The second-order valence-electron chi connectivity index (χ2n) is 6.07. The third-order valence-electron chi connectivity index (χ3n) is 3.90. The fourth-order valence-corrected chi connectivity index (χ4v) is 3.17. The number of carbonyl (C=O) groups excluding carboxylic acids is 2. The van der Waals surface area contributed by atoms with Gasteiger partial charge in [-0.15, -0.1) is 11.3 Å². The first-order valence-electron chi connectivity index (χ1n) is 8.61. The first-order valence-corrected chi connectivity index (χ1v) is 9.49. The highest BCUT2D eigenvalue weighted by Crippen LogP contribution is 2.26. The Labute approximate surface area is 166 Å². The number of thiazole rings is 1. The van der Waals surface area contributed by atoms with Gasteiger partial charge in [-0.2, -0.15) is 5.26 Å². The Hall–Kier alpha value is -3.44. The summed E-state index contributed by atoms with van der Waals surface area (Å²) in [6.45, 7) is 1.76. The van der Waals surface area contributed by atoms with Crippen LogP contribution in [0.15, 0.2) is 46.2 Å². The minimum atomic E-state index is -0.129. The van der Waals surface area contributed by atoms with Gasteiger partial charge in [0.2, 0.25) is 11.8 Å². The fraction of sp³-hybridized carbons (Fsp3) is 0.200. The molecule has 7 nitrogen and oxygen atoms in total. The van der Waals surface area contributed by atoms with Gasteiger partial charge in [-0.1, -0.05) is 12.1 Å². The average molecular weight is 394 g/mol. The Morgan fingerprint density at radius 1 is 1.21 bits per heavy atom. The fourth-order valence-electron chi connectivity index (χ4n) is 2.45. The standard InChI is InChI=1S/C20H18N4O3S/c1-13(25)22-11-16-7-8-18(27-16)17-12-28-20(23-17)24-19(26)9-6-14-2-4-15(10-21)5-3-14/h2-5,7-8,12H,6,9,11H2,1H3,(H,22,25)(H,23,24,26). The van der Waals surface area contributed by atoms with Crippen molar-refractivity contribution in [3.05, 3.63) is 58.7 Å². The van der Waals surface area contributed by atoms with Crippen molar-refractivity contribution < 1.29 is 14.0 Å². The van der Waals surface area contributed by atoms with Gasteiger partial charge in [-0.3, -0.25) is 9.59 Å². The van der Waals surface area contributed by atoms with E-state index < -0.39 is 0 Å². The number of aryl methyl sites for hydroxylation is 1. The van der Waals surface area contributed by atoms with Crippen LogP contribution in [0, 0.1) is 11.3 Å². The zero-order chi connectivity index (χ0) is 19.9. The molecule has 28 heavy (non-hydrogen) atoms. The molecule has 0 saturated heterocycles. The van der Waals surface area contributed by atoms with Crippen LogP contribution in [0.2, 0.25) is 0 Å².